The molecular weight excluding hydrogens is 198 g/mol. The summed E-state index contributed by atoms with van der Waals surface area (Å²) in [5.41, 5.74) is 3.80. The van der Waals surface area contributed by atoms with Gasteiger partial charge in [0.05, 0.1) is 0 Å². The van der Waals surface area contributed by atoms with Crippen LogP contribution in [-0.2, 0) is 17.6 Å². The quantitative estimate of drug-likeness (QED) is 0.828. The van der Waals surface area contributed by atoms with Gasteiger partial charge in [-0.3, -0.25) is 4.79 Å². The smallest absolute Gasteiger partial charge is 0.227 e. The molecule has 1 N–H and O–H groups in total. The predicted octanol–water partition coefficient (Wildman–Crippen LogP) is 3.16. The van der Waals surface area contributed by atoms with Crippen molar-refractivity contribution in [3.63, 3.8) is 0 Å². The number of rotatable bonds is 3. The van der Waals surface area contributed by atoms with E-state index in [1.54, 1.807) is 0 Å². The Balaban J connectivity index is 2.08. The summed E-state index contributed by atoms with van der Waals surface area (Å²) in [5, 5.41) is 2.98. The molecule has 1 aliphatic rings. The van der Waals surface area contributed by atoms with Crippen molar-refractivity contribution in [3.8, 4) is 0 Å². The van der Waals surface area contributed by atoms with Crippen molar-refractivity contribution in [2.45, 2.75) is 39.5 Å². The third kappa shape index (κ3) is 2.26. The second-order valence-corrected chi connectivity index (χ2v) is 4.64. The molecule has 0 spiro atoms. The third-order valence-electron chi connectivity index (χ3n) is 3.43. The summed E-state index contributed by atoms with van der Waals surface area (Å²) in [6, 6.07) is 6.29. The highest BCUT2D eigenvalue weighted by Gasteiger charge is 2.13. The lowest BCUT2D eigenvalue weighted by molar-refractivity contribution is -0.119. The fourth-order valence-electron chi connectivity index (χ4n) is 2.10. The summed E-state index contributed by atoms with van der Waals surface area (Å²) in [5.74, 6) is 0.216. The van der Waals surface area contributed by atoms with Crippen molar-refractivity contribution in [1.82, 2.24) is 0 Å². The van der Waals surface area contributed by atoms with Crippen molar-refractivity contribution in [2.24, 2.45) is 5.92 Å². The van der Waals surface area contributed by atoms with Gasteiger partial charge in [-0.1, -0.05) is 19.9 Å². The number of carbonyl (C=O) groups excluding carboxylic acids is 1. The first-order chi connectivity index (χ1) is 7.70. The number of fused-ring (bicyclic) bond motifs is 1. The van der Waals surface area contributed by atoms with Gasteiger partial charge in [-0.15, -0.1) is 0 Å². The molecule has 0 radical (unpaired) electrons. The molecule has 0 bridgehead atoms. The standard InChI is InChI=1S/C14H19NO/c1-3-10(2)14(16)15-13-8-7-11-5-4-6-12(11)9-13/h7-10H,3-6H2,1-2H3,(H,15,16). The molecule has 86 valence electrons. The van der Waals surface area contributed by atoms with Crippen molar-refractivity contribution in [3.05, 3.63) is 29.3 Å². The van der Waals surface area contributed by atoms with E-state index in [-0.39, 0.29) is 11.8 Å². The van der Waals surface area contributed by atoms with Crippen molar-refractivity contribution >= 4 is 11.6 Å². The minimum atomic E-state index is 0.0910. The molecule has 0 heterocycles. The Morgan fingerprint density at radius 1 is 1.38 bits per heavy atom. The van der Waals surface area contributed by atoms with E-state index in [4.69, 9.17) is 0 Å². The maximum atomic E-state index is 11.7. The largest absolute Gasteiger partial charge is 0.326 e. The number of benzene rings is 1. The van der Waals surface area contributed by atoms with Crippen LogP contribution in [-0.4, -0.2) is 5.91 Å². The number of aryl methyl sites for hydroxylation is 2. The van der Waals surface area contributed by atoms with Gasteiger partial charge in [0.15, 0.2) is 0 Å². The highest BCUT2D eigenvalue weighted by atomic mass is 16.1. The molecule has 2 nitrogen and oxygen atoms in total. The minimum absolute atomic E-state index is 0.0910. The Morgan fingerprint density at radius 3 is 2.88 bits per heavy atom. The monoisotopic (exact) mass is 217 g/mol. The Labute approximate surface area is 97.1 Å². The van der Waals surface area contributed by atoms with Crippen LogP contribution in [0.1, 0.15) is 37.8 Å². The fourth-order valence-corrected chi connectivity index (χ4v) is 2.10. The Morgan fingerprint density at radius 2 is 2.12 bits per heavy atom. The molecule has 1 amide bonds. The number of hydrogen-bond acceptors (Lipinski definition) is 1. The molecule has 1 atom stereocenters. The third-order valence-corrected chi connectivity index (χ3v) is 3.43. The topological polar surface area (TPSA) is 29.1 Å². The molecule has 2 heteroatoms. The zero-order chi connectivity index (χ0) is 11.5. The van der Waals surface area contributed by atoms with Crippen molar-refractivity contribution in [2.75, 3.05) is 5.32 Å². The minimum Gasteiger partial charge on any atom is -0.326 e. The predicted molar refractivity (Wildman–Crippen MR) is 66.6 cm³/mol. The normalized spacial score (nSPS) is 15.6. The van der Waals surface area contributed by atoms with E-state index in [0.717, 1.165) is 18.5 Å². The average Bonchev–Trinajstić information content (AvgIpc) is 2.75. The maximum Gasteiger partial charge on any atom is 0.227 e. The summed E-state index contributed by atoms with van der Waals surface area (Å²) >= 11 is 0. The highest BCUT2D eigenvalue weighted by molar-refractivity contribution is 5.92. The second-order valence-electron chi connectivity index (χ2n) is 4.64. The molecule has 0 aromatic heterocycles. The summed E-state index contributed by atoms with van der Waals surface area (Å²) in [6.45, 7) is 4.00. The molecule has 1 aromatic rings. The van der Waals surface area contributed by atoms with E-state index in [0.29, 0.717) is 0 Å². The molecular formula is C14H19NO. The summed E-state index contributed by atoms with van der Waals surface area (Å²) in [4.78, 5) is 11.7. The van der Waals surface area contributed by atoms with Crippen molar-refractivity contribution in [1.29, 1.82) is 0 Å². The maximum absolute atomic E-state index is 11.7. The number of carbonyl (C=O) groups is 1. The lowest BCUT2D eigenvalue weighted by Crippen LogP contribution is -2.19. The molecule has 0 saturated heterocycles. The summed E-state index contributed by atoms with van der Waals surface area (Å²) < 4.78 is 0. The number of nitrogens with one attached hydrogen (secondary N) is 1. The van der Waals surface area contributed by atoms with Gasteiger partial charge in [0, 0.05) is 11.6 Å². The first kappa shape index (κ1) is 11.2. The summed E-state index contributed by atoms with van der Waals surface area (Å²) in [7, 11) is 0. The molecule has 0 aliphatic heterocycles. The van der Waals surface area contributed by atoms with Crippen LogP contribution in [0.3, 0.4) is 0 Å². The SMILES string of the molecule is CCC(C)C(=O)Nc1ccc2c(c1)CCC2. The van der Waals surface area contributed by atoms with Gasteiger partial charge in [0.25, 0.3) is 0 Å². The van der Waals surface area contributed by atoms with Crippen molar-refractivity contribution < 1.29 is 4.79 Å². The van der Waals surface area contributed by atoms with E-state index in [1.165, 1.54) is 24.0 Å². The zero-order valence-corrected chi connectivity index (χ0v) is 10.0. The van der Waals surface area contributed by atoms with E-state index in [9.17, 15) is 4.79 Å². The van der Waals surface area contributed by atoms with Gasteiger partial charge in [-0.05, 0) is 48.9 Å². The summed E-state index contributed by atoms with van der Waals surface area (Å²) in [6.07, 6.45) is 4.48. The zero-order valence-electron chi connectivity index (χ0n) is 10.0. The van der Waals surface area contributed by atoms with Gasteiger partial charge in [0.2, 0.25) is 5.91 Å². The molecule has 16 heavy (non-hydrogen) atoms. The number of anilines is 1. The van der Waals surface area contributed by atoms with Crippen LogP contribution < -0.4 is 5.32 Å². The number of hydrogen-bond donors (Lipinski definition) is 1. The molecule has 0 saturated carbocycles. The van der Waals surface area contributed by atoms with E-state index >= 15 is 0 Å². The van der Waals surface area contributed by atoms with Gasteiger partial charge in [-0.25, -0.2) is 0 Å². The molecule has 0 fully saturated rings. The van der Waals surface area contributed by atoms with Crippen LogP contribution in [0.25, 0.3) is 0 Å². The van der Waals surface area contributed by atoms with Crippen LogP contribution in [0, 0.1) is 5.92 Å². The van der Waals surface area contributed by atoms with E-state index in [1.807, 2.05) is 19.9 Å². The van der Waals surface area contributed by atoms with Crippen LogP contribution in [0.5, 0.6) is 0 Å². The lowest BCUT2D eigenvalue weighted by atomic mass is 10.1. The Bertz CT molecular complexity index is 398. The van der Waals surface area contributed by atoms with E-state index in [2.05, 4.69) is 17.4 Å². The van der Waals surface area contributed by atoms with Crippen LogP contribution in [0.4, 0.5) is 5.69 Å². The molecule has 1 unspecified atom stereocenters. The van der Waals surface area contributed by atoms with E-state index < -0.39 is 0 Å². The first-order valence-corrected chi connectivity index (χ1v) is 6.13. The Hall–Kier alpha value is -1.31. The molecule has 1 aliphatic carbocycles. The Kier molecular flexibility index (Phi) is 3.28. The van der Waals surface area contributed by atoms with Gasteiger partial charge < -0.3 is 5.32 Å². The first-order valence-electron chi connectivity index (χ1n) is 6.13. The average molecular weight is 217 g/mol. The fraction of sp³-hybridized carbons (Fsp3) is 0.500. The molecule has 1 aromatic carbocycles. The van der Waals surface area contributed by atoms with Gasteiger partial charge in [-0.2, -0.15) is 0 Å². The number of amides is 1. The highest BCUT2D eigenvalue weighted by Crippen LogP contribution is 2.25. The van der Waals surface area contributed by atoms with Crippen LogP contribution in [0.15, 0.2) is 18.2 Å². The lowest BCUT2D eigenvalue weighted by Gasteiger charge is -2.11. The van der Waals surface area contributed by atoms with Gasteiger partial charge in [0.1, 0.15) is 0 Å². The molecule has 2 rings (SSSR count). The van der Waals surface area contributed by atoms with Crippen LogP contribution in [0.2, 0.25) is 0 Å². The second kappa shape index (κ2) is 4.69. The van der Waals surface area contributed by atoms with Gasteiger partial charge >= 0.3 is 0 Å². The van der Waals surface area contributed by atoms with Crippen LogP contribution >= 0.6 is 0 Å².